The Bertz CT molecular complexity index is 335. The van der Waals surface area contributed by atoms with Crippen LogP contribution in [0.5, 0.6) is 0 Å². The maximum absolute atomic E-state index is 12.4. The van der Waals surface area contributed by atoms with Crippen LogP contribution in [0, 0.1) is 0 Å². The molecule has 0 amide bonds. The second-order valence-electron chi connectivity index (χ2n) is 2.55. The highest BCUT2D eigenvalue weighted by molar-refractivity contribution is 9.08. The van der Waals surface area contributed by atoms with Crippen molar-refractivity contribution >= 4 is 27.5 Å². The van der Waals surface area contributed by atoms with Crippen molar-refractivity contribution in [2.24, 2.45) is 0 Å². The Kier molecular flexibility index (Phi) is 4.22. The van der Waals surface area contributed by atoms with Crippen molar-refractivity contribution in [2.75, 3.05) is 0 Å². The van der Waals surface area contributed by atoms with E-state index < -0.39 is 13.0 Å². The van der Waals surface area contributed by atoms with Gasteiger partial charge in [0.05, 0.1) is 22.9 Å². The monoisotopic (exact) mass is 285 g/mol. The third-order valence-electron chi connectivity index (χ3n) is 1.75. The standard InChI is InChI=1S/C8H7BrClF2NO/c9-1-6-5(3-14)7(10)4(2-13-6)8(11)12/h2,8,14H,1,3H2. The maximum atomic E-state index is 12.4. The molecule has 0 bridgehead atoms. The molecule has 0 atom stereocenters. The van der Waals surface area contributed by atoms with Crippen LogP contribution < -0.4 is 0 Å². The minimum Gasteiger partial charge on any atom is -0.392 e. The summed E-state index contributed by atoms with van der Waals surface area (Å²) >= 11 is 8.81. The molecule has 0 aliphatic heterocycles. The van der Waals surface area contributed by atoms with Crippen LogP contribution in [0.3, 0.4) is 0 Å². The predicted molar refractivity (Wildman–Crippen MR) is 52.8 cm³/mol. The lowest BCUT2D eigenvalue weighted by Gasteiger charge is -2.09. The van der Waals surface area contributed by atoms with E-state index in [0.29, 0.717) is 11.0 Å². The van der Waals surface area contributed by atoms with Crippen molar-refractivity contribution in [3.8, 4) is 0 Å². The minimum absolute atomic E-state index is 0.105. The molecule has 1 rings (SSSR count). The molecular formula is C8H7BrClF2NO. The largest absolute Gasteiger partial charge is 0.392 e. The van der Waals surface area contributed by atoms with Crippen LogP contribution in [0.15, 0.2) is 6.20 Å². The highest BCUT2D eigenvalue weighted by Gasteiger charge is 2.17. The number of rotatable bonds is 3. The van der Waals surface area contributed by atoms with Crippen molar-refractivity contribution in [1.29, 1.82) is 0 Å². The number of aromatic nitrogens is 1. The molecule has 0 unspecified atom stereocenters. The van der Waals surface area contributed by atoms with E-state index in [1.54, 1.807) is 0 Å². The molecule has 6 heteroatoms. The molecule has 0 radical (unpaired) electrons. The summed E-state index contributed by atoms with van der Waals surface area (Å²) in [6.45, 7) is -0.396. The number of aliphatic hydroxyl groups excluding tert-OH is 1. The lowest BCUT2D eigenvalue weighted by Crippen LogP contribution is -2.00. The van der Waals surface area contributed by atoms with E-state index in [1.165, 1.54) is 0 Å². The van der Waals surface area contributed by atoms with E-state index in [4.69, 9.17) is 16.7 Å². The van der Waals surface area contributed by atoms with Gasteiger partial charge < -0.3 is 5.11 Å². The van der Waals surface area contributed by atoms with E-state index in [-0.39, 0.29) is 16.1 Å². The number of pyridine rings is 1. The highest BCUT2D eigenvalue weighted by Crippen LogP contribution is 2.31. The van der Waals surface area contributed by atoms with Crippen molar-refractivity contribution in [3.63, 3.8) is 0 Å². The second kappa shape index (κ2) is 5.00. The zero-order valence-corrected chi connectivity index (χ0v) is 9.32. The Morgan fingerprint density at radius 1 is 1.57 bits per heavy atom. The molecule has 0 spiro atoms. The third-order valence-corrected chi connectivity index (χ3v) is 2.72. The lowest BCUT2D eigenvalue weighted by atomic mass is 10.1. The van der Waals surface area contributed by atoms with Crippen LogP contribution in [-0.2, 0) is 11.9 Å². The maximum Gasteiger partial charge on any atom is 0.266 e. The van der Waals surface area contributed by atoms with Crippen LogP contribution in [0.4, 0.5) is 8.78 Å². The summed E-state index contributed by atoms with van der Waals surface area (Å²) in [4.78, 5) is 3.78. The van der Waals surface area contributed by atoms with Gasteiger partial charge in [-0.3, -0.25) is 4.98 Å². The number of nitrogens with zero attached hydrogens (tertiary/aromatic N) is 1. The fraction of sp³-hybridized carbons (Fsp3) is 0.375. The molecule has 1 aromatic heterocycles. The van der Waals surface area contributed by atoms with Crippen LogP contribution >= 0.6 is 27.5 Å². The molecule has 1 heterocycles. The smallest absolute Gasteiger partial charge is 0.266 e. The first-order valence-electron chi connectivity index (χ1n) is 3.73. The molecule has 78 valence electrons. The van der Waals surface area contributed by atoms with E-state index in [1.807, 2.05) is 0 Å². The van der Waals surface area contributed by atoms with Crippen LogP contribution in [0.25, 0.3) is 0 Å². The molecule has 1 aromatic rings. The Morgan fingerprint density at radius 3 is 2.64 bits per heavy atom. The summed E-state index contributed by atoms with van der Waals surface area (Å²) in [7, 11) is 0. The van der Waals surface area contributed by atoms with Gasteiger partial charge in [0.25, 0.3) is 6.43 Å². The van der Waals surface area contributed by atoms with E-state index in [0.717, 1.165) is 6.20 Å². The van der Waals surface area contributed by atoms with Gasteiger partial charge in [0.15, 0.2) is 0 Å². The number of halogens is 4. The van der Waals surface area contributed by atoms with Gasteiger partial charge in [-0.05, 0) is 0 Å². The van der Waals surface area contributed by atoms with Gasteiger partial charge in [-0.2, -0.15) is 0 Å². The van der Waals surface area contributed by atoms with Gasteiger partial charge in [0, 0.05) is 17.1 Å². The summed E-state index contributed by atoms with van der Waals surface area (Å²) in [6.07, 6.45) is -1.65. The summed E-state index contributed by atoms with van der Waals surface area (Å²) in [6, 6.07) is 0. The van der Waals surface area contributed by atoms with Gasteiger partial charge in [-0.25, -0.2) is 8.78 Å². The fourth-order valence-electron chi connectivity index (χ4n) is 1.01. The summed E-state index contributed by atoms with van der Waals surface area (Å²) in [5, 5.41) is 9.21. The van der Waals surface area contributed by atoms with Gasteiger partial charge in [0.2, 0.25) is 0 Å². The molecule has 0 aromatic carbocycles. The Balaban J connectivity index is 3.27. The quantitative estimate of drug-likeness (QED) is 0.866. The average molecular weight is 287 g/mol. The molecule has 0 saturated carbocycles. The minimum atomic E-state index is -2.68. The molecule has 14 heavy (non-hydrogen) atoms. The first-order chi connectivity index (χ1) is 6.61. The van der Waals surface area contributed by atoms with Gasteiger partial charge in [-0.15, -0.1) is 0 Å². The Labute approximate surface area is 93.0 Å². The molecular weight excluding hydrogens is 279 g/mol. The topological polar surface area (TPSA) is 33.1 Å². The number of alkyl halides is 3. The molecule has 0 saturated heterocycles. The summed E-state index contributed by atoms with van der Waals surface area (Å²) < 4.78 is 24.7. The first kappa shape index (κ1) is 11.8. The number of hydrogen-bond donors (Lipinski definition) is 1. The Morgan fingerprint density at radius 2 is 2.21 bits per heavy atom. The van der Waals surface area contributed by atoms with Crippen LogP contribution in [-0.4, -0.2) is 10.1 Å². The third kappa shape index (κ3) is 2.21. The predicted octanol–water partition coefficient (Wildman–Crippen LogP) is 3.06. The second-order valence-corrected chi connectivity index (χ2v) is 3.48. The van der Waals surface area contributed by atoms with Crippen LogP contribution in [0.2, 0.25) is 5.02 Å². The zero-order chi connectivity index (χ0) is 10.7. The summed E-state index contributed by atoms with van der Waals surface area (Å²) in [5.41, 5.74) is 0.378. The van der Waals surface area contributed by atoms with Crippen LogP contribution in [0.1, 0.15) is 23.2 Å². The van der Waals surface area contributed by atoms with E-state index in [2.05, 4.69) is 20.9 Å². The molecule has 0 aliphatic carbocycles. The average Bonchev–Trinajstić information content (AvgIpc) is 2.16. The summed E-state index contributed by atoms with van der Waals surface area (Å²) in [5.74, 6) is 0. The molecule has 0 fully saturated rings. The van der Waals surface area contributed by atoms with Crippen molar-refractivity contribution in [3.05, 3.63) is 28.0 Å². The van der Waals surface area contributed by atoms with Crippen molar-refractivity contribution in [1.82, 2.24) is 4.98 Å². The normalized spacial score (nSPS) is 11.0. The SMILES string of the molecule is OCc1c(CBr)ncc(C(F)F)c1Cl. The van der Waals surface area contributed by atoms with Gasteiger partial charge >= 0.3 is 0 Å². The number of aliphatic hydroxyl groups is 1. The first-order valence-corrected chi connectivity index (χ1v) is 5.22. The zero-order valence-electron chi connectivity index (χ0n) is 6.98. The number of hydrogen-bond acceptors (Lipinski definition) is 2. The van der Waals surface area contributed by atoms with Crippen molar-refractivity contribution in [2.45, 2.75) is 18.4 Å². The van der Waals surface area contributed by atoms with Gasteiger partial charge in [0.1, 0.15) is 0 Å². The van der Waals surface area contributed by atoms with Gasteiger partial charge in [-0.1, -0.05) is 27.5 Å². The molecule has 2 nitrogen and oxygen atoms in total. The van der Waals surface area contributed by atoms with Crippen molar-refractivity contribution < 1.29 is 13.9 Å². The fourth-order valence-corrected chi connectivity index (χ4v) is 1.79. The molecule has 1 N–H and O–H groups in total. The van der Waals surface area contributed by atoms with E-state index >= 15 is 0 Å². The highest BCUT2D eigenvalue weighted by atomic mass is 79.9. The molecule has 0 aliphatic rings. The lowest BCUT2D eigenvalue weighted by molar-refractivity contribution is 0.150. The van der Waals surface area contributed by atoms with E-state index in [9.17, 15) is 8.78 Å². The Hall–Kier alpha value is -0.260.